The average Bonchev–Trinajstić information content (AvgIpc) is 1.94. The zero-order chi connectivity index (χ0) is 7.11. The van der Waals surface area contributed by atoms with Gasteiger partial charge in [0.25, 0.3) is 0 Å². The molecule has 0 unspecified atom stereocenters. The Balaban J connectivity index is 0. The van der Waals surface area contributed by atoms with Crippen molar-refractivity contribution in [3.63, 3.8) is 0 Å². The van der Waals surface area contributed by atoms with E-state index < -0.39 is 0 Å². The predicted molar refractivity (Wildman–Crippen MR) is 48.3 cm³/mol. The molecule has 1 aromatic rings. The Morgan fingerprint density at radius 1 is 0.900 bits per heavy atom. The standard InChI is InChI=1S/C7H8.C2H6.B/c1-7-5-3-2-4-6-7;1-2;/h2-6H,1H3;1-2H3;. The van der Waals surface area contributed by atoms with Gasteiger partial charge in [-0.3, -0.25) is 0 Å². The van der Waals surface area contributed by atoms with Crippen LogP contribution in [0.2, 0.25) is 0 Å². The summed E-state index contributed by atoms with van der Waals surface area (Å²) in [6.45, 7) is 6.08. The molecule has 0 spiro atoms. The summed E-state index contributed by atoms with van der Waals surface area (Å²) in [5.41, 5.74) is 1.32. The first-order valence-electron chi connectivity index (χ1n) is 3.41. The Labute approximate surface area is 65.9 Å². The van der Waals surface area contributed by atoms with E-state index in [1.54, 1.807) is 0 Å². The van der Waals surface area contributed by atoms with Crippen LogP contribution in [0.4, 0.5) is 0 Å². The van der Waals surface area contributed by atoms with Crippen LogP contribution in [0.1, 0.15) is 19.4 Å². The molecule has 1 rings (SSSR count). The Kier molecular flexibility index (Phi) is 9.95. The Morgan fingerprint density at radius 2 is 1.30 bits per heavy atom. The van der Waals surface area contributed by atoms with Gasteiger partial charge in [-0.1, -0.05) is 49.7 Å². The first-order valence-corrected chi connectivity index (χ1v) is 3.41. The molecule has 53 valence electrons. The van der Waals surface area contributed by atoms with Crippen LogP contribution in [0.25, 0.3) is 0 Å². The minimum absolute atomic E-state index is 0. The van der Waals surface area contributed by atoms with Crippen LogP contribution in [0.5, 0.6) is 0 Å². The van der Waals surface area contributed by atoms with Crippen molar-refractivity contribution in [2.45, 2.75) is 20.8 Å². The number of aryl methyl sites for hydroxylation is 1. The van der Waals surface area contributed by atoms with Crippen molar-refractivity contribution < 1.29 is 0 Å². The van der Waals surface area contributed by atoms with Crippen molar-refractivity contribution in [2.24, 2.45) is 0 Å². The molecular weight excluding hydrogens is 119 g/mol. The summed E-state index contributed by atoms with van der Waals surface area (Å²) in [5, 5.41) is 0. The summed E-state index contributed by atoms with van der Waals surface area (Å²) in [4.78, 5) is 0. The lowest BCUT2D eigenvalue weighted by atomic mass is 10.2. The van der Waals surface area contributed by atoms with Crippen LogP contribution in [0, 0.1) is 6.92 Å². The third-order valence-corrected chi connectivity index (χ3v) is 0.940. The molecule has 0 aromatic heterocycles. The van der Waals surface area contributed by atoms with Crippen molar-refractivity contribution >= 4 is 8.41 Å². The van der Waals surface area contributed by atoms with Gasteiger partial charge in [0, 0.05) is 8.41 Å². The molecule has 0 N–H and O–H groups in total. The van der Waals surface area contributed by atoms with Gasteiger partial charge in [-0.2, -0.15) is 0 Å². The predicted octanol–water partition coefficient (Wildman–Crippen LogP) is 2.64. The monoisotopic (exact) mass is 133 g/mol. The van der Waals surface area contributed by atoms with Crippen molar-refractivity contribution in [3.8, 4) is 0 Å². The first kappa shape index (κ1) is 12.0. The molecule has 1 heteroatoms. The van der Waals surface area contributed by atoms with Crippen molar-refractivity contribution in [2.75, 3.05) is 0 Å². The summed E-state index contributed by atoms with van der Waals surface area (Å²) in [6, 6.07) is 10.3. The summed E-state index contributed by atoms with van der Waals surface area (Å²) in [6.07, 6.45) is 0. The second-order valence-electron chi connectivity index (χ2n) is 1.65. The van der Waals surface area contributed by atoms with E-state index in [-0.39, 0.29) is 8.41 Å². The fourth-order valence-corrected chi connectivity index (χ4v) is 0.534. The number of benzene rings is 1. The van der Waals surface area contributed by atoms with Crippen LogP contribution in [-0.4, -0.2) is 8.41 Å². The van der Waals surface area contributed by atoms with Crippen LogP contribution >= 0.6 is 0 Å². The summed E-state index contributed by atoms with van der Waals surface area (Å²) in [7, 11) is 0. The van der Waals surface area contributed by atoms with Gasteiger partial charge in [0.05, 0.1) is 0 Å². The Bertz CT molecular complexity index is 135. The molecule has 0 atom stereocenters. The summed E-state index contributed by atoms with van der Waals surface area (Å²) < 4.78 is 0. The smallest absolute Gasteiger partial charge is 0 e. The van der Waals surface area contributed by atoms with Crippen LogP contribution in [0.3, 0.4) is 0 Å². The molecule has 0 bridgehead atoms. The van der Waals surface area contributed by atoms with Gasteiger partial charge in [0.15, 0.2) is 0 Å². The van der Waals surface area contributed by atoms with Gasteiger partial charge in [0.1, 0.15) is 0 Å². The molecule has 0 heterocycles. The molecule has 3 radical (unpaired) electrons. The largest absolute Gasteiger partial charge is 0.0683 e. The van der Waals surface area contributed by atoms with E-state index in [1.165, 1.54) is 5.56 Å². The van der Waals surface area contributed by atoms with Crippen molar-refractivity contribution in [1.29, 1.82) is 0 Å². The van der Waals surface area contributed by atoms with Gasteiger partial charge in [-0.15, -0.1) is 0 Å². The maximum Gasteiger partial charge on any atom is 0 e. The van der Waals surface area contributed by atoms with Crippen LogP contribution in [-0.2, 0) is 0 Å². The van der Waals surface area contributed by atoms with E-state index >= 15 is 0 Å². The molecule has 0 saturated heterocycles. The number of hydrogen-bond donors (Lipinski definition) is 0. The minimum Gasteiger partial charge on any atom is -0.0683 e. The van der Waals surface area contributed by atoms with Gasteiger partial charge < -0.3 is 0 Å². The molecule has 0 fully saturated rings. The highest BCUT2D eigenvalue weighted by atomic mass is 13.8. The number of rotatable bonds is 0. The zero-order valence-corrected chi connectivity index (χ0v) is 6.96. The van der Waals surface area contributed by atoms with E-state index in [9.17, 15) is 0 Å². The SMILES string of the molecule is CC.Cc1ccccc1.[B]. The lowest BCUT2D eigenvalue weighted by molar-refractivity contribution is 1.48. The highest BCUT2D eigenvalue weighted by Crippen LogP contribution is 1.92. The first-order chi connectivity index (χ1) is 4.39. The molecule has 0 aliphatic heterocycles. The zero-order valence-electron chi connectivity index (χ0n) is 6.96. The maximum atomic E-state index is 2.08. The highest BCUT2D eigenvalue weighted by molar-refractivity contribution is 5.75. The molecule has 0 amide bonds. The molecule has 1 aromatic carbocycles. The fraction of sp³-hybridized carbons (Fsp3) is 0.333. The molecule has 0 aliphatic rings. The third-order valence-electron chi connectivity index (χ3n) is 0.940. The van der Waals surface area contributed by atoms with Gasteiger partial charge >= 0.3 is 0 Å². The topological polar surface area (TPSA) is 0 Å². The molecule has 10 heavy (non-hydrogen) atoms. The van der Waals surface area contributed by atoms with Gasteiger partial charge in [0.2, 0.25) is 0 Å². The van der Waals surface area contributed by atoms with E-state index in [1.807, 2.05) is 32.0 Å². The van der Waals surface area contributed by atoms with E-state index in [2.05, 4.69) is 19.1 Å². The van der Waals surface area contributed by atoms with Crippen molar-refractivity contribution in [1.82, 2.24) is 0 Å². The van der Waals surface area contributed by atoms with E-state index in [0.717, 1.165) is 0 Å². The maximum absolute atomic E-state index is 2.08. The van der Waals surface area contributed by atoms with E-state index in [4.69, 9.17) is 0 Å². The van der Waals surface area contributed by atoms with Crippen LogP contribution in [0.15, 0.2) is 30.3 Å². The molecule has 0 aliphatic carbocycles. The number of hydrogen-bond acceptors (Lipinski definition) is 0. The van der Waals surface area contributed by atoms with Gasteiger partial charge in [-0.25, -0.2) is 0 Å². The lowest BCUT2D eigenvalue weighted by Gasteiger charge is -1.82. The summed E-state index contributed by atoms with van der Waals surface area (Å²) >= 11 is 0. The highest BCUT2D eigenvalue weighted by Gasteiger charge is 1.72. The molecular formula is C9H14B. The van der Waals surface area contributed by atoms with Crippen molar-refractivity contribution in [3.05, 3.63) is 35.9 Å². The third kappa shape index (κ3) is 5.42. The Morgan fingerprint density at radius 3 is 1.50 bits per heavy atom. The lowest BCUT2D eigenvalue weighted by Crippen LogP contribution is -1.62. The minimum atomic E-state index is 0. The van der Waals surface area contributed by atoms with Crippen LogP contribution < -0.4 is 0 Å². The van der Waals surface area contributed by atoms with E-state index in [0.29, 0.717) is 0 Å². The normalized spacial score (nSPS) is 6.70. The average molecular weight is 133 g/mol. The molecule has 0 saturated carbocycles. The Hall–Kier alpha value is -0.715. The fourth-order valence-electron chi connectivity index (χ4n) is 0.534. The second-order valence-corrected chi connectivity index (χ2v) is 1.65. The molecule has 0 nitrogen and oxygen atoms in total. The van der Waals surface area contributed by atoms with Gasteiger partial charge in [-0.05, 0) is 6.92 Å². The summed E-state index contributed by atoms with van der Waals surface area (Å²) in [5.74, 6) is 0. The quantitative estimate of drug-likeness (QED) is 0.477. The second kappa shape index (κ2) is 8.28.